The molecule has 0 unspecified atom stereocenters. The van der Waals surface area contributed by atoms with E-state index in [1.54, 1.807) is 67.6 Å². The van der Waals surface area contributed by atoms with E-state index >= 15 is 0 Å². The Balaban J connectivity index is 1.38. The van der Waals surface area contributed by atoms with Crippen molar-refractivity contribution >= 4 is 47.2 Å². The molecule has 1 fully saturated rings. The van der Waals surface area contributed by atoms with E-state index in [0.717, 1.165) is 16.7 Å². The molecule has 36 heavy (non-hydrogen) atoms. The number of anilines is 2. The van der Waals surface area contributed by atoms with Gasteiger partial charge in [-0.15, -0.1) is 0 Å². The lowest BCUT2D eigenvalue weighted by Crippen LogP contribution is -2.58. The largest absolute Gasteiger partial charge is 0.335 e. The Labute approximate surface area is 206 Å². The van der Waals surface area contributed by atoms with Crippen molar-refractivity contribution in [2.75, 3.05) is 10.2 Å². The number of carbonyl (C=O) groups excluding carboxylic acids is 5. The van der Waals surface area contributed by atoms with E-state index in [9.17, 15) is 24.0 Å². The van der Waals surface area contributed by atoms with Gasteiger partial charge in [0.15, 0.2) is 5.92 Å². The highest BCUT2D eigenvalue weighted by atomic mass is 16.2. The molecule has 0 spiro atoms. The highest BCUT2D eigenvalue weighted by Crippen LogP contribution is 2.21. The van der Waals surface area contributed by atoms with Crippen LogP contribution in [0.3, 0.4) is 0 Å². The molecule has 1 aliphatic rings. The zero-order valence-corrected chi connectivity index (χ0v) is 19.1. The van der Waals surface area contributed by atoms with E-state index in [0.29, 0.717) is 16.9 Å². The number of rotatable bonds is 6. The van der Waals surface area contributed by atoms with Gasteiger partial charge in [0.05, 0.1) is 5.69 Å². The highest BCUT2D eigenvalue weighted by Gasteiger charge is 2.40. The van der Waals surface area contributed by atoms with Crippen molar-refractivity contribution in [1.29, 1.82) is 0 Å². The van der Waals surface area contributed by atoms with Crippen LogP contribution in [0.2, 0.25) is 0 Å². The van der Waals surface area contributed by atoms with Crippen LogP contribution in [0.5, 0.6) is 0 Å². The Morgan fingerprint density at radius 2 is 1.58 bits per heavy atom. The van der Waals surface area contributed by atoms with Crippen molar-refractivity contribution < 1.29 is 24.0 Å². The van der Waals surface area contributed by atoms with Gasteiger partial charge in [-0.3, -0.25) is 24.5 Å². The van der Waals surface area contributed by atoms with Gasteiger partial charge in [-0.25, -0.2) is 15.1 Å². The number of urea groups is 1. The average molecular weight is 483 g/mol. The Kier molecular flexibility index (Phi) is 6.96. The molecule has 0 bridgehead atoms. The van der Waals surface area contributed by atoms with Crippen LogP contribution in [0.1, 0.15) is 26.3 Å². The first-order chi connectivity index (χ1) is 17.3. The number of nitrogens with zero attached hydrogens (tertiary/aromatic N) is 2. The van der Waals surface area contributed by atoms with E-state index in [4.69, 9.17) is 0 Å². The lowest BCUT2D eigenvalue weighted by molar-refractivity contribution is -0.131. The number of imide groups is 2. The zero-order chi connectivity index (χ0) is 25.7. The summed E-state index contributed by atoms with van der Waals surface area (Å²) in [5.74, 6) is -3.91. The minimum absolute atomic E-state index is 0.237. The molecule has 1 atom stereocenters. The third kappa shape index (κ3) is 5.33. The Morgan fingerprint density at radius 1 is 0.889 bits per heavy atom. The summed E-state index contributed by atoms with van der Waals surface area (Å²) in [5, 5.41) is 8.59. The molecule has 0 aliphatic carbocycles. The molecular formula is C26H21N5O5. The molecule has 10 nitrogen and oxygen atoms in total. The minimum atomic E-state index is -1.40. The third-order valence-electron chi connectivity index (χ3n) is 5.29. The molecular weight excluding hydrogens is 462 g/mol. The van der Waals surface area contributed by atoms with Gasteiger partial charge in [0, 0.05) is 23.0 Å². The maximum atomic E-state index is 12.8. The first-order valence-corrected chi connectivity index (χ1v) is 10.9. The van der Waals surface area contributed by atoms with Crippen molar-refractivity contribution in [1.82, 2.24) is 10.7 Å². The summed E-state index contributed by atoms with van der Waals surface area (Å²) in [5.41, 5.74) is 4.62. The Bertz CT molecular complexity index is 1370. The normalized spacial score (nSPS) is 15.5. The fourth-order valence-electron chi connectivity index (χ4n) is 3.47. The number of carbonyl (C=O) groups is 5. The molecule has 3 N–H and O–H groups in total. The van der Waals surface area contributed by atoms with Gasteiger partial charge in [-0.05, 0) is 61.0 Å². The second-order valence-electron chi connectivity index (χ2n) is 7.90. The molecule has 1 heterocycles. The lowest BCUT2D eigenvalue weighted by Gasteiger charge is -2.28. The van der Waals surface area contributed by atoms with Gasteiger partial charge >= 0.3 is 6.03 Å². The van der Waals surface area contributed by atoms with E-state index < -0.39 is 29.7 Å². The monoisotopic (exact) mass is 483 g/mol. The summed E-state index contributed by atoms with van der Waals surface area (Å²) in [4.78, 5) is 62.8. The van der Waals surface area contributed by atoms with Crippen molar-refractivity contribution in [2.45, 2.75) is 6.92 Å². The zero-order valence-electron chi connectivity index (χ0n) is 19.1. The summed E-state index contributed by atoms with van der Waals surface area (Å²) in [6.45, 7) is 1.80. The summed E-state index contributed by atoms with van der Waals surface area (Å²) in [6.07, 6.45) is 0.971. The number of hydrogen-bond acceptors (Lipinski definition) is 6. The summed E-state index contributed by atoms with van der Waals surface area (Å²) in [7, 11) is 0. The van der Waals surface area contributed by atoms with Crippen molar-refractivity contribution in [3.8, 4) is 0 Å². The quantitative estimate of drug-likeness (QED) is 0.281. The van der Waals surface area contributed by atoms with Crippen LogP contribution in [0.25, 0.3) is 0 Å². The molecule has 0 radical (unpaired) electrons. The number of benzene rings is 3. The first-order valence-electron chi connectivity index (χ1n) is 10.9. The van der Waals surface area contributed by atoms with Crippen LogP contribution in [0.4, 0.5) is 16.2 Å². The van der Waals surface area contributed by atoms with Crippen molar-refractivity contribution in [3.63, 3.8) is 0 Å². The third-order valence-corrected chi connectivity index (χ3v) is 5.29. The van der Waals surface area contributed by atoms with Crippen molar-refractivity contribution in [2.24, 2.45) is 11.0 Å². The maximum Gasteiger partial charge on any atom is 0.335 e. The van der Waals surface area contributed by atoms with Crippen molar-refractivity contribution in [3.05, 3.63) is 95.6 Å². The van der Waals surface area contributed by atoms with E-state index in [1.165, 1.54) is 12.1 Å². The molecule has 10 heteroatoms. The minimum Gasteiger partial charge on any atom is -0.322 e. The summed E-state index contributed by atoms with van der Waals surface area (Å²) in [6, 6.07) is 20.6. The van der Waals surface area contributed by atoms with Crippen LogP contribution in [-0.4, -0.2) is 35.9 Å². The smallest absolute Gasteiger partial charge is 0.322 e. The predicted molar refractivity (Wildman–Crippen MR) is 132 cm³/mol. The van der Waals surface area contributed by atoms with Gasteiger partial charge < -0.3 is 5.32 Å². The molecule has 3 aromatic carbocycles. The number of aryl methyl sites for hydroxylation is 1. The number of barbiturate groups is 1. The highest BCUT2D eigenvalue weighted by molar-refractivity contribution is 6.32. The van der Waals surface area contributed by atoms with Crippen LogP contribution < -0.4 is 21.0 Å². The second kappa shape index (κ2) is 10.4. The maximum absolute atomic E-state index is 12.8. The van der Waals surface area contributed by atoms with Gasteiger partial charge in [-0.1, -0.05) is 30.3 Å². The van der Waals surface area contributed by atoms with Crippen LogP contribution >= 0.6 is 0 Å². The van der Waals surface area contributed by atoms with Crippen LogP contribution in [-0.2, 0) is 9.59 Å². The van der Waals surface area contributed by atoms with Gasteiger partial charge in [0.2, 0.25) is 5.91 Å². The molecule has 0 aromatic heterocycles. The van der Waals surface area contributed by atoms with E-state index in [2.05, 4.69) is 21.2 Å². The average Bonchev–Trinajstić information content (AvgIpc) is 2.86. The first kappa shape index (κ1) is 24.0. The molecule has 6 amide bonds. The predicted octanol–water partition coefficient (Wildman–Crippen LogP) is 2.86. The van der Waals surface area contributed by atoms with E-state index in [-0.39, 0.29) is 11.5 Å². The number of amides is 6. The molecule has 1 saturated heterocycles. The number of hydrogen-bond donors (Lipinski definition) is 3. The molecule has 4 rings (SSSR count). The molecule has 0 saturated carbocycles. The van der Waals surface area contributed by atoms with E-state index in [1.807, 2.05) is 6.07 Å². The SMILES string of the molecule is Cc1cccc(N2C(=O)NC(=O)[C@@H](/C=N\NC(=O)c3ccc(NC(=O)c4ccccc4)cc3)C2=O)c1. The molecule has 3 aromatic rings. The van der Waals surface area contributed by atoms with Gasteiger partial charge in [-0.2, -0.15) is 5.10 Å². The molecule has 180 valence electrons. The standard InChI is InChI=1S/C26H21N5O5/c1-16-6-5-9-20(14-16)31-25(35)21(24(34)29-26(31)36)15-27-30-23(33)18-10-12-19(13-11-18)28-22(32)17-7-3-2-4-8-17/h2-15,21H,1H3,(H,28,32)(H,30,33)(H,29,34,36)/b27-15-/t21-/m1/s1. The van der Waals surface area contributed by atoms with Gasteiger partial charge in [0.25, 0.3) is 17.7 Å². The topological polar surface area (TPSA) is 137 Å². The number of nitrogens with one attached hydrogen (secondary N) is 3. The second-order valence-corrected chi connectivity index (χ2v) is 7.90. The fraction of sp³-hybridized carbons (Fsp3) is 0.0769. The lowest BCUT2D eigenvalue weighted by atomic mass is 10.1. The van der Waals surface area contributed by atoms with Crippen LogP contribution in [0.15, 0.2) is 84.0 Å². The summed E-state index contributed by atoms with van der Waals surface area (Å²) < 4.78 is 0. The van der Waals surface area contributed by atoms with Crippen LogP contribution in [0, 0.1) is 12.8 Å². The fourth-order valence-corrected chi connectivity index (χ4v) is 3.47. The summed E-state index contributed by atoms with van der Waals surface area (Å²) >= 11 is 0. The number of hydrazone groups is 1. The molecule has 1 aliphatic heterocycles. The Morgan fingerprint density at radius 3 is 2.28 bits per heavy atom. The Hall–Kier alpha value is -5.12. The van der Waals surface area contributed by atoms with Gasteiger partial charge in [0.1, 0.15) is 0 Å².